The summed E-state index contributed by atoms with van der Waals surface area (Å²) in [7, 11) is 0. The summed E-state index contributed by atoms with van der Waals surface area (Å²) < 4.78 is 0. The number of carbonyl (C=O) groups excluding carboxylic acids is 1. The van der Waals surface area contributed by atoms with E-state index in [4.69, 9.17) is 5.73 Å². The molecule has 0 saturated heterocycles. The van der Waals surface area contributed by atoms with E-state index in [0.29, 0.717) is 6.42 Å². The van der Waals surface area contributed by atoms with Crippen molar-refractivity contribution >= 4 is 5.91 Å². The molecule has 0 aliphatic rings. The maximum absolute atomic E-state index is 10.6. The van der Waals surface area contributed by atoms with Crippen LogP contribution in [0.25, 0.3) is 0 Å². The van der Waals surface area contributed by atoms with Gasteiger partial charge < -0.3 is 5.73 Å². The fourth-order valence-electron chi connectivity index (χ4n) is 1.67. The monoisotopic (exact) mass is 220 g/mol. The molecule has 3 heteroatoms. The number of carbonyl (C=O) groups is 1. The highest BCUT2D eigenvalue weighted by Gasteiger charge is 2.04. The van der Waals surface area contributed by atoms with Crippen LogP contribution in [-0.4, -0.2) is 23.9 Å². The zero-order valence-corrected chi connectivity index (χ0v) is 9.86. The summed E-state index contributed by atoms with van der Waals surface area (Å²) >= 11 is 0. The predicted octanol–water partition coefficient (Wildman–Crippen LogP) is 1.77. The molecule has 0 fully saturated rings. The van der Waals surface area contributed by atoms with Crippen molar-refractivity contribution in [3.05, 3.63) is 35.9 Å². The summed E-state index contributed by atoms with van der Waals surface area (Å²) in [5.41, 5.74) is 6.42. The lowest BCUT2D eigenvalue weighted by atomic mass is 10.2. The van der Waals surface area contributed by atoms with Gasteiger partial charge in [0.1, 0.15) is 0 Å². The van der Waals surface area contributed by atoms with E-state index in [9.17, 15) is 4.79 Å². The van der Waals surface area contributed by atoms with Crippen molar-refractivity contribution in [2.75, 3.05) is 13.1 Å². The van der Waals surface area contributed by atoms with Crippen molar-refractivity contribution in [2.45, 2.75) is 26.3 Å². The molecule has 0 unspecified atom stereocenters. The molecule has 0 bridgehead atoms. The van der Waals surface area contributed by atoms with E-state index in [1.807, 2.05) is 18.2 Å². The molecule has 0 radical (unpaired) electrons. The molecule has 3 nitrogen and oxygen atoms in total. The lowest BCUT2D eigenvalue weighted by Crippen LogP contribution is -2.25. The minimum absolute atomic E-state index is 0.212. The van der Waals surface area contributed by atoms with Gasteiger partial charge in [0.15, 0.2) is 0 Å². The number of primary amides is 1. The molecule has 0 heterocycles. The predicted molar refractivity (Wildman–Crippen MR) is 65.8 cm³/mol. The van der Waals surface area contributed by atoms with E-state index < -0.39 is 0 Å². The van der Waals surface area contributed by atoms with Crippen LogP contribution in [0.4, 0.5) is 0 Å². The van der Waals surface area contributed by atoms with Crippen LogP contribution < -0.4 is 5.73 Å². The summed E-state index contributed by atoms with van der Waals surface area (Å²) in [6, 6.07) is 10.4. The first-order valence-corrected chi connectivity index (χ1v) is 5.77. The lowest BCUT2D eigenvalue weighted by molar-refractivity contribution is -0.118. The Morgan fingerprint density at radius 2 is 2.00 bits per heavy atom. The van der Waals surface area contributed by atoms with Gasteiger partial charge in [-0.05, 0) is 25.1 Å². The Hall–Kier alpha value is -1.35. The molecular weight excluding hydrogens is 200 g/mol. The van der Waals surface area contributed by atoms with Crippen molar-refractivity contribution in [3.8, 4) is 0 Å². The average molecular weight is 220 g/mol. The molecule has 2 N–H and O–H groups in total. The third-order valence-corrected chi connectivity index (χ3v) is 2.59. The summed E-state index contributed by atoms with van der Waals surface area (Å²) in [5, 5.41) is 0. The van der Waals surface area contributed by atoms with Crippen LogP contribution in [0, 0.1) is 0 Å². The number of nitrogens with zero attached hydrogens (tertiary/aromatic N) is 1. The third-order valence-electron chi connectivity index (χ3n) is 2.59. The van der Waals surface area contributed by atoms with E-state index in [1.54, 1.807) is 0 Å². The average Bonchev–Trinajstić information content (AvgIpc) is 2.28. The molecular formula is C13H20N2O. The van der Waals surface area contributed by atoms with Gasteiger partial charge in [0.25, 0.3) is 0 Å². The van der Waals surface area contributed by atoms with Gasteiger partial charge in [-0.25, -0.2) is 0 Å². The van der Waals surface area contributed by atoms with Gasteiger partial charge in [-0.15, -0.1) is 0 Å². The Kier molecular flexibility index (Phi) is 5.57. The number of benzene rings is 1. The topological polar surface area (TPSA) is 46.3 Å². The molecule has 0 saturated carbocycles. The number of hydrogen-bond acceptors (Lipinski definition) is 2. The smallest absolute Gasteiger partial charge is 0.217 e. The second kappa shape index (κ2) is 7.01. The van der Waals surface area contributed by atoms with Gasteiger partial charge in [0.05, 0.1) is 0 Å². The third kappa shape index (κ3) is 4.94. The largest absolute Gasteiger partial charge is 0.370 e. The van der Waals surface area contributed by atoms with Gasteiger partial charge in [0.2, 0.25) is 5.91 Å². The molecule has 1 aromatic rings. The highest BCUT2D eigenvalue weighted by Crippen LogP contribution is 2.05. The van der Waals surface area contributed by atoms with Crippen LogP contribution in [0.15, 0.2) is 30.3 Å². The molecule has 0 aliphatic carbocycles. The fourth-order valence-corrected chi connectivity index (χ4v) is 1.67. The highest BCUT2D eigenvalue weighted by atomic mass is 16.1. The van der Waals surface area contributed by atoms with Crippen molar-refractivity contribution < 1.29 is 4.79 Å². The molecule has 1 amide bonds. The highest BCUT2D eigenvalue weighted by molar-refractivity contribution is 5.73. The van der Waals surface area contributed by atoms with Crippen LogP contribution in [0.2, 0.25) is 0 Å². The van der Waals surface area contributed by atoms with E-state index in [-0.39, 0.29) is 5.91 Å². The van der Waals surface area contributed by atoms with Crippen molar-refractivity contribution in [1.29, 1.82) is 0 Å². The number of rotatable bonds is 7. The molecule has 88 valence electrons. The van der Waals surface area contributed by atoms with Crippen LogP contribution in [-0.2, 0) is 11.3 Å². The second-order valence-corrected chi connectivity index (χ2v) is 3.92. The Morgan fingerprint density at radius 3 is 2.56 bits per heavy atom. The summed E-state index contributed by atoms with van der Waals surface area (Å²) in [4.78, 5) is 12.9. The summed E-state index contributed by atoms with van der Waals surface area (Å²) in [6.45, 7) is 4.99. The molecule has 16 heavy (non-hydrogen) atoms. The fraction of sp³-hybridized carbons (Fsp3) is 0.462. The maximum atomic E-state index is 10.6. The minimum atomic E-state index is -0.212. The molecule has 1 rings (SSSR count). The number of nitrogens with two attached hydrogens (primary N) is 1. The molecule has 0 atom stereocenters. The van der Waals surface area contributed by atoms with Crippen LogP contribution >= 0.6 is 0 Å². The maximum Gasteiger partial charge on any atom is 0.217 e. The molecule has 0 spiro atoms. The first kappa shape index (κ1) is 12.7. The van der Waals surface area contributed by atoms with Crippen LogP contribution in [0.1, 0.15) is 25.3 Å². The van der Waals surface area contributed by atoms with Crippen molar-refractivity contribution in [3.63, 3.8) is 0 Å². The van der Waals surface area contributed by atoms with Gasteiger partial charge in [-0.1, -0.05) is 37.3 Å². The van der Waals surface area contributed by atoms with Gasteiger partial charge >= 0.3 is 0 Å². The summed E-state index contributed by atoms with van der Waals surface area (Å²) in [5.74, 6) is -0.212. The second-order valence-electron chi connectivity index (χ2n) is 3.92. The zero-order valence-electron chi connectivity index (χ0n) is 9.86. The Labute approximate surface area is 97.2 Å². The standard InChI is InChI=1S/C13H20N2O/c1-2-15(10-6-9-13(14)16)11-12-7-4-3-5-8-12/h3-5,7-8H,2,6,9-11H2,1H3,(H2,14,16). The van der Waals surface area contributed by atoms with Crippen LogP contribution in [0.5, 0.6) is 0 Å². The Morgan fingerprint density at radius 1 is 1.31 bits per heavy atom. The Balaban J connectivity index is 2.34. The summed E-state index contributed by atoms with van der Waals surface area (Å²) in [6.07, 6.45) is 1.32. The molecule has 0 aromatic heterocycles. The minimum Gasteiger partial charge on any atom is -0.370 e. The SMILES string of the molecule is CCN(CCCC(N)=O)Cc1ccccc1. The first-order valence-electron chi connectivity index (χ1n) is 5.77. The zero-order chi connectivity index (χ0) is 11.8. The van der Waals surface area contributed by atoms with Gasteiger partial charge in [-0.3, -0.25) is 9.69 Å². The van der Waals surface area contributed by atoms with E-state index in [0.717, 1.165) is 26.1 Å². The number of hydrogen-bond donors (Lipinski definition) is 1. The van der Waals surface area contributed by atoms with Crippen molar-refractivity contribution in [1.82, 2.24) is 4.90 Å². The van der Waals surface area contributed by atoms with Crippen molar-refractivity contribution in [2.24, 2.45) is 5.73 Å². The lowest BCUT2D eigenvalue weighted by Gasteiger charge is -2.19. The van der Waals surface area contributed by atoms with Gasteiger partial charge in [0, 0.05) is 13.0 Å². The quantitative estimate of drug-likeness (QED) is 0.761. The van der Waals surface area contributed by atoms with E-state index >= 15 is 0 Å². The number of amides is 1. The van der Waals surface area contributed by atoms with Gasteiger partial charge in [-0.2, -0.15) is 0 Å². The van der Waals surface area contributed by atoms with E-state index in [1.165, 1.54) is 5.56 Å². The van der Waals surface area contributed by atoms with E-state index in [2.05, 4.69) is 24.0 Å². The molecule has 1 aromatic carbocycles. The van der Waals surface area contributed by atoms with Crippen LogP contribution in [0.3, 0.4) is 0 Å². The molecule has 0 aliphatic heterocycles. The normalized spacial score (nSPS) is 10.6. The first-order chi connectivity index (χ1) is 7.72. The Bertz CT molecular complexity index is 311.